The van der Waals surface area contributed by atoms with Crippen LogP contribution < -0.4 is 0 Å². The fourth-order valence-corrected chi connectivity index (χ4v) is 1.40. The molecular formula is C13H18. The molecular weight excluding hydrogens is 156 g/mol. The first-order valence-electron chi connectivity index (χ1n) is 4.05. The third kappa shape index (κ3) is 2.09. The number of hydrogen-bond acceptors (Lipinski definition) is 0. The first-order valence-corrected chi connectivity index (χ1v) is 4.05. The fraction of sp³-hybridized carbons (Fsp3) is 0.231. The zero-order valence-corrected chi connectivity index (χ0v) is 7.72. The third-order valence-corrected chi connectivity index (χ3v) is 2.13. The van der Waals surface area contributed by atoms with E-state index in [-0.39, 0.29) is 7.43 Å². The van der Waals surface area contributed by atoms with E-state index in [4.69, 9.17) is 0 Å². The van der Waals surface area contributed by atoms with Crippen LogP contribution in [0.5, 0.6) is 0 Å². The monoisotopic (exact) mass is 174 g/mol. The highest BCUT2D eigenvalue weighted by Gasteiger charge is 2.01. The van der Waals surface area contributed by atoms with Gasteiger partial charge in [0.1, 0.15) is 0 Å². The van der Waals surface area contributed by atoms with Gasteiger partial charge in [-0.2, -0.15) is 0 Å². The molecule has 0 bridgehead atoms. The molecule has 0 atom stereocenters. The molecule has 0 aromatic heterocycles. The van der Waals surface area contributed by atoms with Crippen LogP contribution in [0.2, 0.25) is 0 Å². The highest BCUT2D eigenvalue weighted by molar-refractivity contribution is 5.68. The summed E-state index contributed by atoms with van der Waals surface area (Å²) in [6, 6.07) is 4.22. The number of rotatable bonds is 2. The molecule has 0 aliphatic heterocycles. The lowest BCUT2D eigenvalue weighted by Crippen LogP contribution is -1.89. The summed E-state index contributed by atoms with van der Waals surface area (Å²) >= 11 is 0. The van der Waals surface area contributed by atoms with Crippen molar-refractivity contribution in [1.29, 1.82) is 0 Å². The summed E-state index contributed by atoms with van der Waals surface area (Å²) in [5.74, 6) is 0. The Balaban J connectivity index is 0.00000144. The molecule has 1 aromatic carbocycles. The SMILES string of the molecule is C.C=Cc1c(C)ccc(C)c1C=C. The van der Waals surface area contributed by atoms with E-state index >= 15 is 0 Å². The molecule has 0 aliphatic carbocycles. The van der Waals surface area contributed by atoms with Gasteiger partial charge in [0.05, 0.1) is 0 Å². The van der Waals surface area contributed by atoms with Crippen LogP contribution in [0, 0.1) is 13.8 Å². The predicted octanol–water partition coefficient (Wildman–Crippen LogP) is 4.23. The Bertz CT molecular complexity index is 286. The van der Waals surface area contributed by atoms with E-state index in [9.17, 15) is 0 Å². The minimum atomic E-state index is 0. The summed E-state index contributed by atoms with van der Waals surface area (Å²) in [6.45, 7) is 11.8. The summed E-state index contributed by atoms with van der Waals surface area (Å²) in [5, 5.41) is 0. The summed E-state index contributed by atoms with van der Waals surface area (Å²) in [5.41, 5.74) is 4.91. The van der Waals surface area contributed by atoms with E-state index in [0.29, 0.717) is 0 Å². The summed E-state index contributed by atoms with van der Waals surface area (Å²) in [4.78, 5) is 0. The molecule has 1 rings (SSSR count). The minimum Gasteiger partial charge on any atom is -0.0984 e. The number of hydrogen-bond donors (Lipinski definition) is 0. The maximum Gasteiger partial charge on any atom is -0.0158 e. The Hall–Kier alpha value is -1.30. The van der Waals surface area contributed by atoms with Crippen LogP contribution >= 0.6 is 0 Å². The van der Waals surface area contributed by atoms with Gasteiger partial charge in [0.15, 0.2) is 0 Å². The first kappa shape index (κ1) is 11.7. The van der Waals surface area contributed by atoms with Gasteiger partial charge < -0.3 is 0 Å². The second-order valence-electron chi connectivity index (χ2n) is 2.93. The molecule has 0 heterocycles. The van der Waals surface area contributed by atoms with Crippen molar-refractivity contribution in [2.24, 2.45) is 0 Å². The zero-order valence-electron chi connectivity index (χ0n) is 7.72. The van der Waals surface area contributed by atoms with Crippen LogP contribution in [0.25, 0.3) is 12.2 Å². The molecule has 0 saturated heterocycles. The average Bonchev–Trinajstić information content (AvgIpc) is 2.08. The Morgan fingerprint density at radius 3 is 1.46 bits per heavy atom. The Morgan fingerprint density at radius 1 is 0.923 bits per heavy atom. The van der Waals surface area contributed by atoms with Gasteiger partial charge in [-0.3, -0.25) is 0 Å². The molecule has 0 N–H and O–H groups in total. The van der Waals surface area contributed by atoms with Gasteiger partial charge in [-0.1, -0.05) is 44.9 Å². The lowest BCUT2D eigenvalue weighted by molar-refractivity contribution is 1.36. The molecule has 0 heteroatoms. The van der Waals surface area contributed by atoms with Crippen molar-refractivity contribution in [3.05, 3.63) is 47.5 Å². The molecule has 0 nitrogen and oxygen atoms in total. The number of aryl methyl sites for hydroxylation is 2. The lowest BCUT2D eigenvalue weighted by Gasteiger charge is -2.07. The van der Waals surface area contributed by atoms with Crippen molar-refractivity contribution < 1.29 is 0 Å². The van der Waals surface area contributed by atoms with Crippen molar-refractivity contribution in [1.82, 2.24) is 0 Å². The van der Waals surface area contributed by atoms with Crippen LogP contribution in [-0.2, 0) is 0 Å². The maximum atomic E-state index is 3.79. The Morgan fingerprint density at radius 2 is 1.23 bits per heavy atom. The summed E-state index contributed by atoms with van der Waals surface area (Å²) in [7, 11) is 0. The molecule has 0 radical (unpaired) electrons. The highest BCUT2D eigenvalue weighted by Crippen LogP contribution is 2.20. The summed E-state index contributed by atoms with van der Waals surface area (Å²) in [6.07, 6.45) is 3.78. The quantitative estimate of drug-likeness (QED) is 0.629. The van der Waals surface area contributed by atoms with Gasteiger partial charge in [0.2, 0.25) is 0 Å². The van der Waals surface area contributed by atoms with Crippen molar-refractivity contribution in [3.63, 3.8) is 0 Å². The van der Waals surface area contributed by atoms with E-state index in [1.807, 2.05) is 12.2 Å². The standard InChI is InChI=1S/C12H14.CH4/c1-5-11-9(3)7-8-10(4)12(11)6-2;/h5-8H,1-2H2,3-4H3;1H4. The van der Waals surface area contributed by atoms with Crippen molar-refractivity contribution in [2.45, 2.75) is 21.3 Å². The van der Waals surface area contributed by atoms with Crippen LogP contribution in [0.1, 0.15) is 29.7 Å². The van der Waals surface area contributed by atoms with Crippen molar-refractivity contribution in [2.75, 3.05) is 0 Å². The topological polar surface area (TPSA) is 0 Å². The molecule has 13 heavy (non-hydrogen) atoms. The second kappa shape index (κ2) is 4.66. The van der Waals surface area contributed by atoms with E-state index < -0.39 is 0 Å². The normalized spacial score (nSPS) is 8.77. The maximum absolute atomic E-state index is 3.79. The van der Waals surface area contributed by atoms with Crippen molar-refractivity contribution in [3.8, 4) is 0 Å². The Kier molecular flexibility index (Phi) is 4.19. The smallest absolute Gasteiger partial charge is 0.0158 e. The van der Waals surface area contributed by atoms with Gasteiger partial charge in [-0.05, 0) is 36.1 Å². The van der Waals surface area contributed by atoms with E-state index in [1.165, 1.54) is 22.3 Å². The van der Waals surface area contributed by atoms with Gasteiger partial charge >= 0.3 is 0 Å². The average molecular weight is 174 g/mol. The van der Waals surface area contributed by atoms with Gasteiger partial charge in [-0.25, -0.2) is 0 Å². The van der Waals surface area contributed by atoms with Gasteiger partial charge in [0.25, 0.3) is 0 Å². The van der Waals surface area contributed by atoms with E-state index in [2.05, 4.69) is 39.1 Å². The van der Waals surface area contributed by atoms with Crippen LogP contribution in [-0.4, -0.2) is 0 Å². The lowest BCUT2D eigenvalue weighted by atomic mass is 9.97. The molecule has 0 spiro atoms. The van der Waals surface area contributed by atoms with E-state index in [0.717, 1.165) is 0 Å². The minimum absolute atomic E-state index is 0. The van der Waals surface area contributed by atoms with Crippen LogP contribution in [0.3, 0.4) is 0 Å². The van der Waals surface area contributed by atoms with Gasteiger partial charge in [-0.15, -0.1) is 0 Å². The third-order valence-electron chi connectivity index (χ3n) is 2.13. The predicted molar refractivity (Wildman–Crippen MR) is 62.8 cm³/mol. The largest absolute Gasteiger partial charge is 0.0984 e. The first-order chi connectivity index (χ1) is 5.70. The molecule has 0 unspecified atom stereocenters. The fourth-order valence-electron chi connectivity index (χ4n) is 1.40. The molecule has 70 valence electrons. The molecule has 0 aliphatic rings. The second-order valence-corrected chi connectivity index (χ2v) is 2.93. The molecule has 0 amide bonds. The van der Waals surface area contributed by atoms with E-state index in [1.54, 1.807) is 0 Å². The highest BCUT2D eigenvalue weighted by atomic mass is 14.1. The molecule has 0 saturated carbocycles. The molecule has 1 aromatic rings. The summed E-state index contributed by atoms with van der Waals surface area (Å²) < 4.78 is 0. The Labute approximate surface area is 81.6 Å². The zero-order chi connectivity index (χ0) is 9.14. The number of benzene rings is 1. The molecule has 0 fully saturated rings. The van der Waals surface area contributed by atoms with Gasteiger partial charge in [0, 0.05) is 0 Å². The van der Waals surface area contributed by atoms with Crippen LogP contribution in [0.4, 0.5) is 0 Å². The van der Waals surface area contributed by atoms with Crippen molar-refractivity contribution >= 4 is 12.2 Å². The van der Waals surface area contributed by atoms with Crippen LogP contribution in [0.15, 0.2) is 25.3 Å².